The van der Waals surface area contributed by atoms with Gasteiger partial charge in [-0.15, -0.1) is 11.3 Å². The molecule has 94 valence electrons. The van der Waals surface area contributed by atoms with E-state index in [1.165, 1.54) is 43.4 Å². The van der Waals surface area contributed by atoms with Crippen LogP contribution >= 0.6 is 23.3 Å². The van der Waals surface area contributed by atoms with E-state index in [1.54, 1.807) is 18.9 Å². The zero-order valence-corrected chi connectivity index (χ0v) is 11.9. The Kier molecular flexibility index (Phi) is 4.59. The van der Waals surface area contributed by atoms with Gasteiger partial charge in [0.2, 0.25) is 0 Å². The molecule has 1 aromatic heterocycles. The third-order valence-electron chi connectivity index (χ3n) is 3.01. The maximum Gasteiger partial charge on any atom is 0.171 e. The van der Waals surface area contributed by atoms with Gasteiger partial charge in [-0.25, -0.2) is 4.98 Å². The lowest BCUT2D eigenvalue weighted by Gasteiger charge is -2.21. The minimum absolute atomic E-state index is 0.115. The Balaban J connectivity index is 1.90. The Morgan fingerprint density at radius 2 is 2.12 bits per heavy atom. The molecular formula is C12H18N2OS2. The molecule has 0 bridgehead atoms. The van der Waals surface area contributed by atoms with Gasteiger partial charge in [-0.1, -0.05) is 19.3 Å². The number of aromatic nitrogens is 1. The average molecular weight is 270 g/mol. The first kappa shape index (κ1) is 13.1. The predicted molar refractivity (Wildman–Crippen MR) is 72.7 cm³/mol. The zero-order valence-electron chi connectivity index (χ0n) is 10.3. The number of rotatable bonds is 4. The molecule has 1 aliphatic carbocycles. The summed E-state index contributed by atoms with van der Waals surface area (Å²) in [5.74, 6) is 0.115. The number of nitrogens with zero attached hydrogens (tertiary/aromatic N) is 1. The van der Waals surface area contributed by atoms with Crippen LogP contribution in [0.4, 0.5) is 0 Å². The Morgan fingerprint density at radius 1 is 1.41 bits per heavy atom. The molecule has 0 atom stereocenters. The molecule has 3 nitrogen and oxygen atoms in total. The van der Waals surface area contributed by atoms with Crippen LogP contribution in [0.5, 0.6) is 0 Å². The van der Waals surface area contributed by atoms with E-state index >= 15 is 0 Å². The highest BCUT2D eigenvalue weighted by Crippen LogP contribution is 2.28. The summed E-state index contributed by atoms with van der Waals surface area (Å²) in [5.41, 5.74) is 0.857. The molecule has 0 amide bonds. The Morgan fingerprint density at radius 3 is 2.71 bits per heavy atom. The molecule has 2 rings (SSSR count). The second-order valence-electron chi connectivity index (χ2n) is 4.51. The third-order valence-corrected chi connectivity index (χ3v) is 5.28. The SMILES string of the molecule is CC(=O)c1sc(SNC2CCCCC2)nc1C. The lowest BCUT2D eigenvalue weighted by molar-refractivity contribution is 0.102. The van der Waals surface area contributed by atoms with E-state index in [4.69, 9.17) is 0 Å². The molecule has 1 fully saturated rings. The van der Waals surface area contributed by atoms with Crippen LogP contribution in [0.2, 0.25) is 0 Å². The lowest BCUT2D eigenvalue weighted by atomic mass is 9.96. The lowest BCUT2D eigenvalue weighted by Crippen LogP contribution is -2.25. The van der Waals surface area contributed by atoms with Crippen molar-refractivity contribution >= 4 is 29.1 Å². The van der Waals surface area contributed by atoms with E-state index < -0.39 is 0 Å². The van der Waals surface area contributed by atoms with Crippen LogP contribution in [-0.2, 0) is 0 Å². The Hall–Kier alpha value is -0.390. The average Bonchev–Trinajstić information content (AvgIpc) is 2.69. The monoisotopic (exact) mass is 270 g/mol. The van der Waals surface area contributed by atoms with Gasteiger partial charge in [0.25, 0.3) is 0 Å². The number of carbonyl (C=O) groups is 1. The minimum atomic E-state index is 0.115. The van der Waals surface area contributed by atoms with Crippen molar-refractivity contribution in [2.75, 3.05) is 0 Å². The fraction of sp³-hybridized carbons (Fsp3) is 0.667. The van der Waals surface area contributed by atoms with Gasteiger partial charge < -0.3 is 0 Å². The summed E-state index contributed by atoms with van der Waals surface area (Å²) < 4.78 is 4.43. The predicted octanol–water partition coefficient (Wildman–Crippen LogP) is 3.58. The molecule has 5 heteroatoms. The van der Waals surface area contributed by atoms with Gasteiger partial charge in [0.1, 0.15) is 0 Å². The molecule has 0 aromatic carbocycles. The van der Waals surface area contributed by atoms with Crippen molar-refractivity contribution in [3.8, 4) is 0 Å². The second kappa shape index (κ2) is 5.98. The van der Waals surface area contributed by atoms with Crippen molar-refractivity contribution in [3.63, 3.8) is 0 Å². The number of aryl methyl sites for hydroxylation is 1. The molecule has 0 saturated heterocycles. The molecule has 0 aliphatic heterocycles. The van der Waals surface area contributed by atoms with E-state index in [9.17, 15) is 4.79 Å². The van der Waals surface area contributed by atoms with Gasteiger partial charge >= 0.3 is 0 Å². The van der Waals surface area contributed by atoms with Crippen LogP contribution < -0.4 is 4.72 Å². The molecule has 0 spiro atoms. The van der Waals surface area contributed by atoms with Gasteiger partial charge in [-0.2, -0.15) is 0 Å². The summed E-state index contributed by atoms with van der Waals surface area (Å²) in [6, 6.07) is 0.610. The van der Waals surface area contributed by atoms with Crippen LogP contribution in [0, 0.1) is 6.92 Å². The fourth-order valence-electron chi connectivity index (χ4n) is 2.10. The summed E-state index contributed by atoms with van der Waals surface area (Å²) in [7, 11) is 0. The van der Waals surface area contributed by atoms with Gasteiger partial charge in [-0.3, -0.25) is 9.52 Å². The van der Waals surface area contributed by atoms with Crippen molar-refractivity contribution < 1.29 is 4.79 Å². The number of Topliss-reactive ketones (excluding diaryl/α,β-unsaturated/α-hetero) is 1. The van der Waals surface area contributed by atoms with Gasteiger partial charge in [0.15, 0.2) is 10.1 Å². The summed E-state index contributed by atoms with van der Waals surface area (Å²) in [6.07, 6.45) is 6.54. The first-order chi connectivity index (χ1) is 8.16. The molecule has 1 aromatic rings. The van der Waals surface area contributed by atoms with Crippen LogP contribution in [0.25, 0.3) is 0 Å². The smallest absolute Gasteiger partial charge is 0.171 e. The summed E-state index contributed by atoms with van der Waals surface area (Å²) in [6.45, 7) is 3.50. The van der Waals surface area contributed by atoms with Crippen molar-refractivity contribution in [1.29, 1.82) is 0 Å². The number of hydrogen-bond acceptors (Lipinski definition) is 5. The van der Waals surface area contributed by atoms with E-state index in [2.05, 4.69) is 9.71 Å². The largest absolute Gasteiger partial charge is 0.294 e. The minimum Gasteiger partial charge on any atom is -0.294 e. The number of ketones is 1. The van der Waals surface area contributed by atoms with Gasteiger partial charge in [0, 0.05) is 13.0 Å². The molecule has 0 radical (unpaired) electrons. The van der Waals surface area contributed by atoms with Crippen molar-refractivity contribution in [3.05, 3.63) is 10.6 Å². The van der Waals surface area contributed by atoms with E-state index in [0.717, 1.165) is 14.9 Å². The van der Waals surface area contributed by atoms with E-state index in [1.807, 2.05) is 6.92 Å². The molecule has 0 unspecified atom stereocenters. The number of nitrogens with one attached hydrogen (secondary N) is 1. The van der Waals surface area contributed by atoms with E-state index in [-0.39, 0.29) is 5.78 Å². The van der Waals surface area contributed by atoms with E-state index in [0.29, 0.717) is 6.04 Å². The Labute approximate surface area is 111 Å². The molecule has 1 saturated carbocycles. The maximum absolute atomic E-state index is 11.3. The summed E-state index contributed by atoms with van der Waals surface area (Å²) >= 11 is 3.08. The first-order valence-electron chi connectivity index (χ1n) is 6.07. The van der Waals surface area contributed by atoms with Crippen molar-refractivity contribution in [2.24, 2.45) is 0 Å². The molecule has 17 heavy (non-hydrogen) atoms. The number of hydrogen-bond donors (Lipinski definition) is 1. The maximum atomic E-state index is 11.3. The molecule has 1 heterocycles. The van der Waals surface area contributed by atoms with Crippen LogP contribution in [0.1, 0.15) is 54.4 Å². The highest BCUT2D eigenvalue weighted by molar-refractivity contribution is 7.99. The van der Waals surface area contributed by atoms with Gasteiger partial charge in [-0.05, 0) is 31.7 Å². The topological polar surface area (TPSA) is 42.0 Å². The normalized spacial score (nSPS) is 17.3. The zero-order chi connectivity index (χ0) is 12.3. The fourth-order valence-corrected chi connectivity index (χ4v) is 4.04. The van der Waals surface area contributed by atoms with Crippen LogP contribution in [-0.4, -0.2) is 16.8 Å². The summed E-state index contributed by atoms with van der Waals surface area (Å²) in [5, 5.41) is 0. The van der Waals surface area contributed by atoms with Gasteiger partial charge in [0.05, 0.1) is 10.6 Å². The standard InChI is InChI=1S/C12H18N2OS2/c1-8-11(9(2)15)16-12(13-8)17-14-10-6-4-3-5-7-10/h10,14H,3-7H2,1-2H3. The van der Waals surface area contributed by atoms with Crippen molar-refractivity contribution in [2.45, 2.75) is 56.3 Å². The second-order valence-corrected chi connectivity index (χ2v) is 6.59. The summed E-state index contributed by atoms with van der Waals surface area (Å²) in [4.78, 5) is 16.5. The highest BCUT2D eigenvalue weighted by Gasteiger charge is 2.16. The quantitative estimate of drug-likeness (QED) is 0.670. The number of carbonyl (C=O) groups excluding carboxylic acids is 1. The third kappa shape index (κ3) is 3.53. The molecular weight excluding hydrogens is 252 g/mol. The highest BCUT2D eigenvalue weighted by atomic mass is 32.2. The molecule has 1 aliphatic rings. The van der Waals surface area contributed by atoms with Crippen LogP contribution in [0.15, 0.2) is 4.34 Å². The molecule has 1 N–H and O–H groups in total. The first-order valence-corrected chi connectivity index (χ1v) is 7.71. The van der Waals surface area contributed by atoms with Crippen LogP contribution in [0.3, 0.4) is 0 Å². The van der Waals surface area contributed by atoms with Crippen molar-refractivity contribution in [1.82, 2.24) is 9.71 Å². The number of thiazole rings is 1. The Bertz CT molecular complexity index is 397.